The van der Waals surface area contributed by atoms with Gasteiger partial charge < -0.3 is 14.7 Å². The highest BCUT2D eigenvalue weighted by Gasteiger charge is 2.36. The number of benzene rings is 2. The number of aromatic nitrogens is 1. The van der Waals surface area contributed by atoms with Gasteiger partial charge in [0.1, 0.15) is 11.7 Å². The number of likely N-dealkylation sites (N-methyl/N-ethyl adjacent to an activating group) is 1. The third kappa shape index (κ3) is 6.13. The Labute approximate surface area is 231 Å². The van der Waals surface area contributed by atoms with E-state index in [2.05, 4.69) is 4.98 Å². The van der Waals surface area contributed by atoms with Gasteiger partial charge in [0.15, 0.2) is 0 Å². The first-order valence-electron chi connectivity index (χ1n) is 12.6. The first-order chi connectivity index (χ1) is 18.8. The Morgan fingerprint density at radius 2 is 1.82 bits per heavy atom. The van der Waals surface area contributed by atoms with Crippen LogP contribution in [0.25, 0.3) is 11.1 Å². The minimum absolute atomic E-state index is 0.000631. The van der Waals surface area contributed by atoms with Crippen molar-refractivity contribution in [2.75, 3.05) is 26.7 Å². The van der Waals surface area contributed by atoms with Crippen LogP contribution in [0.1, 0.15) is 29.8 Å². The first kappa shape index (κ1) is 29.5. The highest BCUT2D eigenvalue weighted by molar-refractivity contribution is 7.89. The van der Waals surface area contributed by atoms with E-state index in [-0.39, 0.29) is 53.1 Å². The number of rotatable bonds is 7. The minimum Gasteiger partial charge on any atom is -0.472 e. The number of pyridine rings is 1. The Morgan fingerprint density at radius 1 is 1.12 bits per heavy atom. The normalized spacial score (nSPS) is 19.0. The fourth-order valence-corrected chi connectivity index (χ4v) is 5.68. The van der Waals surface area contributed by atoms with Gasteiger partial charge in [-0.15, -0.1) is 0 Å². The molecule has 0 aliphatic carbocycles. The topological polar surface area (TPSA) is 100 Å². The number of ether oxygens (including phenoxy) is 1. The quantitative estimate of drug-likeness (QED) is 0.450. The van der Waals surface area contributed by atoms with Crippen LogP contribution < -0.4 is 4.74 Å². The van der Waals surface area contributed by atoms with Gasteiger partial charge in [0.05, 0.1) is 29.7 Å². The number of alkyl halides is 3. The third-order valence-corrected chi connectivity index (χ3v) is 8.77. The molecule has 0 fully saturated rings. The van der Waals surface area contributed by atoms with Gasteiger partial charge >= 0.3 is 6.18 Å². The summed E-state index contributed by atoms with van der Waals surface area (Å²) >= 11 is 0. The molecule has 0 saturated carbocycles. The summed E-state index contributed by atoms with van der Waals surface area (Å²) in [7, 11) is -2.41. The van der Waals surface area contributed by atoms with Crippen LogP contribution in [0.15, 0.2) is 71.8 Å². The lowest BCUT2D eigenvalue weighted by Gasteiger charge is -2.37. The van der Waals surface area contributed by atoms with Crippen LogP contribution >= 0.6 is 0 Å². The number of nitrogens with zero attached hydrogens (tertiary/aromatic N) is 3. The van der Waals surface area contributed by atoms with Gasteiger partial charge in [-0.2, -0.15) is 17.5 Å². The van der Waals surface area contributed by atoms with Crippen molar-refractivity contribution in [2.45, 2.75) is 37.1 Å². The summed E-state index contributed by atoms with van der Waals surface area (Å²) in [6.07, 6.45) is -3.97. The first-order valence-corrected chi connectivity index (χ1v) is 14.0. The Hall–Kier alpha value is -3.48. The zero-order chi connectivity index (χ0) is 29.2. The molecule has 1 amide bonds. The number of carbonyl (C=O) groups excluding carboxylic acids is 1. The molecule has 2 heterocycles. The number of hydrogen-bond donors (Lipinski definition) is 1. The zero-order valence-corrected chi connectivity index (χ0v) is 23.0. The van der Waals surface area contributed by atoms with Gasteiger partial charge in [-0.3, -0.25) is 4.79 Å². The monoisotopic (exact) mass is 577 g/mol. The van der Waals surface area contributed by atoms with E-state index in [1.807, 2.05) is 0 Å². The lowest BCUT2D eigenvalue weighted by atomic mass is 9.99. The van der Waals surface area contributed by atoms with E-state index in [9.17, 15) is 31.5 Å². The van der Waals surface area contributed by atoms with Gasteiger partial charge in [-0.1, -0.05) is 37.3 Å². The molecule has 214 valence electrons. The number of halogens is 3. The molecule has 1 aromatic heterocycles. The molecule has 3 aromatic rings. The van der Waals surface area contributed by atoms with E-state index in [1.54, 1.807) is 32.0 Å². The van der Waals surface area contributed by atoms with E-state index < -0.39 is 39.8 Å². The number of aliphatic hydroxyl groups excluding tert-OH is 1. The zero-order valence-electron chi connectivity index (χ0n) is 22.2. The second-order valence-corrected chi connectivity index (χ2v) is 11.9. The molecule has 40 heavy (non-hydrogen) atoms. The molecule has 1 N–H and O–H groups in total. The second-order valence-electron chi connectivity index (χ2n) is 9.88. The molecule has 0 radical (unpaired) electrons. The predicted octanol–water partition coefficient (Wildman–Crippen LogP) is 4.31. The summed E-state index contributed by atoms with van der Waals surface area (Å²) in [4.78, 5) is 19.5. The molecule has 4 rings (SSSR count). The Balaban J connectivity index is 1.73. The van der Waals surface area contributed by atoms with Crippen molar-refractivity contribution in [1.29, 1.82) is 0 Å². The number of aliphatic hydroxyl groups is 1. The molecule has 1 aliphatic rings. The highest BCUT2D eigenvalue weighted by atomic mass is 32.2. The van der Waals surface area contributed by atoms with E-state index in [4.69, 9.17) is 4.74 Å². The largest absolute Gasteiger partial charge is 0.472 e. The second kappa shape index (κ2) is 11.6. The Morgan fingerprint density at radius 3 is 2.48 bits per heavy atom. The van der Waals surface area contributed by atoms with Gasteiger partial charge in [-0.05, 0) is 42.8 Å². The predicted molar refractivity (Wildman–Crippen MR) is 142 cm³/mol. The van der Waals surface area contributed by atoms with Crippen LogP contribution in [0.4, 0.5) is 13.2 Å². The van der Waals surface area contributed by atoms with Crippen LogP contribution in [-0.2, 0) is 16.2 Å². The maximum absolute atomic E-state index is 13.6. The van der Waals surface area contributed by atoms with Crippen LogP contribution in [-0.4, -0.2) is 72.5 Å². The summed E-state index contributed by atoms with van der Waals surface area (Å²) < 4.78 is 73.6. The van der Waals surface area contributed by atoms with E-state index in [1.165, 1.54) is 52.8 Å². The van der Waals surface area contributed by atoms with Gasteiger partial charge in [0.25, 0.3) is 5.91 Å². The molecule has 2 aromatic carbocycles. The van der Waals surface area contributed by atoms with Crippen LogP contribution in [0.5, 0.6) is 5.88 Å². The van der Waals surface area contributed by atoms with Gasteiger partial charge in [0.2, 0.25) is 15.9 Å². The Bertz CT molecular complexity index is 1470. The van der Waals surface area contributed by atoms with E-state index in [0.29, 0.717) is 0 Å². The van der Waals surface area contributed by atoms with E-state index in [0.717, 1.165) is 12.1 Å². The summed E-state index contributed by atoms with van der Waals surface area (Å²) in [6, 6.07) is 13.4. The van der Waals surface area contributed by atoms with Crippen molar-refractivity contribution in [1.82, 2.24) is 14.2 Å². The molecule has 0 unspecified atom stereocenters. The smallest absolute Gasteiger partial charge is 0.416 e. The summed E-state index contributed by atoms with van der Waals surface area (Å²) in [5.41, 5.74) is -0.361. The molecule has 0 bridgehead atoms. The SMILES string of the molecule is C[C@H](CO)N1C[C@H](C)[C@H](CN(C)S(=O)(=O)c2ccccc2)Oc2ncc(-c3cccc(C(F)(F)F)c3)cc2C1=O. The average molecular weight is 578 g/mol. The number of amides is 1. The number of sulfonamides is 1. The third-order valence-electron chi connectivity index (χ3n) is 6.93. The number of fused-ring (bicyclic) bond motifs is 1. The number of carbonyl (C=O) groups is 1. The van der Waals surface area contributed by atoms with Crippen molar-refractivity contribution in [3.8, 4) is 17.0 Å². The van der Waals surface area contributed by atoms with Crippen molar-refractivity contribution < 1.29 is 36.2 Å². The molecule has 0 spiro atoms. The summed E-state index contributed by atoms with van der Waals surface area (Å²) in [6.45, 7) is 3.21. The Kier molecular flexibility index (Phi) is 8.52. The van der Waals surface area contributed by atoms with Crippen LogP contribution in [0.3, 0.4) is 0 Å². The van der Waals surface area contributed by atoms with Gasteiger partial charge in [0, 0.05) is 31.3 Å². The van der Waals surface area contributed by atoms with Crippen LogP contribution in [0.2, 0.25) is 0 Å². The lowest BCUT2D eigenvalue weighted by molar-refractivity contribution is -0.137. The van der Waals surface area contributed by atoms with Crippen molar-refractivity contribution >= 4 is 15.9 Å². The molecule has 0 saturated heterocycles. The van der Waals surface area contributed by atoms with E-state index >= 15 is 0 Å². The summed E-state index contributed by atoms with van der Waals surface area (Å²) in [5.74, 6) is -0.948. The van der Waals surface area contributed by atoms with Crippen molar-refractivity contribution in [2.24, 2.45) is 5.92 Å². The molecule has 8 nitrogen and oxygen atoms in total. The van der Waals surface area contributed by atoms with Crippen molar-refractivity contribution in [3.05, 3.63) is 78.0 Å². The molecule has 1 aliphatic heterocycles. The summed E-state index contributed by atoms with van der Waals surface area (Å²) in [5, 5.41) is 9.85. The van der Waals surface area contributed by atoms with Crippen LogP contribution in [0, 0.1) is 5.92 Å². The fourth-order valence-electron chi connectivity index (χ4n) is 4.48. The number of hydrogen-bond acceptors (Lipinski definition) is 6. The molecular formula is C28H30F3N3O5S. The lowest BCUT2D eigenvalue weighted by Crippen LogP contribution is -2.50. The standard InChI is InChI=1S/C28H30F3N3O5S/c1-18-15-34(19(2)17-35)27(36)24-13-21(20-8-7-9-22(12-20)28(29,30)31)14-32-26(24)39-25(18)16-33(3)40(37,38)23-10-5-4-6-11-23/h4-14,18-19,25,35H,15-17H2,1-3H3/t18-,19+,25-/m0/s1. The average Bonchev–Trinajstić information content (AvgIpc) is 2.94. The minimum atomic E-state index is -4.55. The maximum Gasteiger partial charge on any atom is 0.416 e. The molecule has 12 heteroatoms. The maximum atomic E-state index is 13.6. The highest BCUT2D eigenvalue weighted by Crippen LogP contribution is 2.34. The fraction of sp³-hybridized carbons (Fsp3) is 0.357. The van der Waals surface area contributed by atoms with Crippen molar-refractivity contribution in [3.63, 3.8) is 0 Å². The molecule has 3 atom stereocenters. The molecular weight excluding hydrogens is 547 g/mol. The van der Waals surface area contributed by atoms with Gasteiger partial charge in [-0.25, -0.2) is 13.4 Å².